The van der Waals surface area contributed by atoms with Gasteiger partial charge in [0, 0.05) is 61.1 Å². The van der Waals surface area contributed by atoms with Crippen LogP contribution in [0.5, 0.6) is 0 Å². The molecule has 0 saturated carbocycles. The molecule has 8 nitrogen and oxygen atoms in total. The molecule has 3 atom stereocenters. The van der Waals surface area contributed by atoms with Crippen LogP contribution in [0.25, 0.3) is 33.1 Å². The summed E-state index contributed by atoms with van der Waals surface area (Å²) in [5, 5.41) is 9.86. The minimum atomic E-state index is -0.0640. The number of likely N-dealkylation sites (N-methyl/N-ethyl adjacent to an activating group) is 1. The fourth-order valence-corrected chi connectivity index (χ4v) is 5.90. The molecule has 2 N–H and O–H groups in total. The number of anilines is 1. The molecule has 2 bridgehead atoms. The maximum Gasteiger partial charge on any atom is 0.264 e. The molecule has 160 valence electrons. The van der Waals surface area contributed by atoms with E-state index in [1.165, 1.54) is 0 Å². The normalized spacial score (nSPS) is 23.0. The Hall–Kier alpha value is -2.84. The second-order valence-corrected chi connectivity index (χ2v) is 9.08. The Morgan fingerprint density at radius 3 is 2.84 bits per heavy atom. The number of rotatable bonds is 3. The number of hydrogen-bond donors (Lipinski definition) is 2. The molecule has 1 aromatic carbocycles. The summed E-state index contributed by atoms with van der Waals surface area (Å²) in [6.07, 6.45) is 7.09. The van der Waals surface area contributed by atoms with Crippen molar-refractivity contribution in [3.63, 3.8) is 0 Å². The van der Waals surface area contributed by atoms with E-state index in [-0.39, 0.29) is 5.56 Å². The second kappa shape index (κ2) is 6.58. The maximum atomic E-state index is 13.5. The summed E-state index contributed by atoms with van der Waals surface area (Å²) in [5.74, 6) is 0.741. The van der Waals surface area contributed by atoms with Gasteiger partial charge in [-0.15, -0.1) is 0 Å². The molecule has 2 saturated heterocycles. The summed E-state index contributed by atoms with van der Waals surface area (Å²) in [4.78, 5) is 24.0. The van der Waals surface area contributed by atoms with E-state index in [0.717, 1.165) is 47.2 Å². The molecule has 6 rings (SSSR count). The summed E-state index contributed by atoms with van der Waals surface area (Å²) >= 11 is 6.74. The summed E-state index contributed by atoms with van der Waals surface area (Å²) in [6, 6.07) is 5.10. The molecule has 3 aromatic heterocycles. The highest BCUT2D eigenvalue weighted by Gasteiger charge is 2.47. The van der Waals surface area contributed by atoms with E-state index in [1.54, 1.807) is 9.25 Å². The lowest BCUT2D eigenvalue weighted by molar-refractivity contribution is 0.445. The van der Waals surface area contributed by atoms with Gasteiger partial charge >= 0.3 is 0 Å². The third-order valence-electron chi connectivity index (χ3n) is 7.06. The molecular formula is C22H24ClN7O. The standard InChI is InChI=1S/C22H24ClN7O/c1-24-16-8-11-4-7-17(16)30(11)22-26-20-18(21(31)29(22)3)13(9-25-20)12-5-6-15-14(19(12)23)10-28(2)27-15/h5-6,9-11,16-17,24-25H,4,7-8H2,1-3H3/t11-,16+,17+/m1/s1. The number of aromatic amines is 1. The quantitative estimate of drug-likeness (QED) is 0.515. The molecule has 31 heavy (non-hydrogen) atoms. The molecule has 0 spiro atoms. The highest BCUT2D eigenvalue weighted by atomic mass is 35.5. The van der Waals surface area contributed by atoms with Crippen molar-refractivity contribution in [3.05, 3.63) is 39.9 Å². The van der Waals surface area contributed by atoms with E-state index < -0.39 is 0 Å². The fourth-order valence-electron chi connectivity index (χ4n) is 5.59. The second-order valence-electron chi connectivity index (χ2n) is 8.70. The molecular weight excluding hydrogens is 414 g/mol. The highest BCUT2D eigenvalue weighted by molar-refractivity contribution is 6.38. The van der Waals surface area contributed by atoms with Gasteiger partial charge in [0.05, 0.1) is 15.9 Å². The smallest absolute Gasteiger partial charge is 0.264 e. The first-order valence-electron chi connectivity index (χ1n) is 10.6. The molecule has 2 aliphatic heterocycles. The molecule has 0 radical (unpaired) electrons. The van der Waals surface area contributed by atoms with Gasteiger partial charge in [0.1, 0.15) is 5.65 Å². The lowest BCUT2D eigenvalue weighted by atomic mass is 9.96. The van der Waals surface area contributed by atoms with Crippen molar-refractivity contribution in [3.8, 4) is 11.1 Å². The summed E-state index contributed by atoms with van der Waals surface area (Å²) in [7, 11) is 5.70. The molecule has 0 aliphatic carbocycles. The number of aryl methyl sites for hydroxylation is 1. The number of hydrogen-bond acceptors (Lipinski definition) is 5. The lowest BCUT2D eigenvalue weighted by Gasteiger charge is -2.26. The van der Waals surface area contributed by atoms with Gasteiger partial charge < -0.3 is 15.2 Å². The Bertz CT molecular complexity index is 1400. The summed E-state index contributed by atoms with van der Waals surface area (Å²) in [6.45, 7) is 0. The molecule has 2 fully saturated rings. The lowest BCUT2D eigenvalue weighted by Crippen LogP contribution is -2.41. The van der Waals surface area contributed by atoms with Crippen LogP contribution in [0.3, 0.4) is 0 Å². The van der Waals surface area contributed by atoms with Gasteiger partial charge in [-0.05, 0) is 32.4 Å². The van der Waals surface area contributed by atoms with Gasteiger partial charge in [-0.25, -0.2) is 0 Å². The number of aromatic nitrogens is 5. The average Bonchev–Trinajstić information content (AvgIpc) is 3.52. The number of fused-ring (bicyclic) bond motifs is 4. The Morgan fingerprint density at radius 1 is 1.23 bits per heavy atom. The average molecular weight is 438 g/mol. The van der Waals surface area contributed by atoms with Gasteiger partial charge in [0.2, 0.25) is 5.95 Å². The van der Waals surface area contributed by atoms with E-state index >= 15 is 0 Å². The van der Waals surface area contributed by atoms with Crippen molar-refractivity contribution >= 4 is 39.5 Å². The van der Waals surface area contributed by atoms with E-state index in [4.69, 9.17) is 16.6 Å². The van der Waals surface area contributed by atoms with Gasteiger partial charge in [0.25, 0.3) is 5.56 Å². The highest BCUT2D eigenvalue weighted by Crippen LogP contribution is 2.41. The molecule has 2 aliphatic rings. The van der Waals surface area contributed by atoms with Crippen LogP contribution in [-0.4, -0.2) is 49.5 Å². The predicted molar refractivity (Wildman–Crippen MR) is 123 cm³/mol. The van der Waals surface area contributed by atoms with E-state index in [9.17, 15) is 4.79 Å². The first-order valence-corrected chi connectivity index (χ1v) is 11.0. The minimum absolute atomic E-state index is 0.0640. The van der Waals surface area contributed by atoms with Crippen LogP contribution in [0.2, 0.25) is 5.02 Å². The number of nitrogens with zero attached hydrogens (tertiary/aromatic N) is 5. The van der Waals surface area contributed by atoms with Crippen LogP contribution in [-0.2, 0) is 14.1 Å². The zero-order valence-electron chi connectivity index (χ0n) is 17.7. The number of H-pyrrole nitrogens is 1. The van der Waals surface area contributed by atoms with E-state index in [0.29, 0.717) is 34.2 Å². The van der Waals surface area contributed by atoms with Crippen LogP contribution in [0.4, 0.5) is 5.95 Å². The maximum absolute atomic E-state index is 13.5. The molecule has 5 heterocycles. The first kappa shape index (κ1) is 18.9. The van der Waals surface area contributed by atoms with Gasteiger partial charge in [-0.3, -0.25) is 14.0 Å². The van der Waals surface area contributed by atoms with Gasteiger partial charge in [-0.2, -0.15) is 10.1 Å². The van der Waals surface area contributed by atoms with Crippen LogP contribution < -0.4 is 15.8 Å². The number of nitrogens with one attached hydrogen (secondary N) is 2. The number of benzene rings is 1. The Morgan fingerprint density at radius 2 is 2.06 bits per heavy atom. The van der Waals surface area contributed by atoms with E-state index in [1.807, 2.05) is 45.7 Å². The van der Waals surface area contributed by atoms with Crippen molar-refractivity contribution in [2.24, 2.45) is 14.1 Å². The Balaban J connectivity index is 1.52. The summed E-state index contributed by atoms with van der Waals surface area (Å²) < 4.78 is 3.44. The van der Waals surface area contributed by atoms with Crippen molar-refractivity contribution in [1.29, 1.82) is 0 Å². The van der Waals surface area contributed by atoms with Crippen molar-refractivity contribution in [2.45, 2.75) is 37.4 Å². The predicted octanol–water partition coefficient (Wildman–Crippen LogP) is 2.80. The topological polar surface area (TPSA) is 83.8 Å². The van der Waals surface area contributed by atoms with E-state index in [2.05, 4.69) is 20.3 Å². The van der Waals surface area contributed by atoms with Crippen molar-refractivity contribution in [1.82, 2.24) is 29.6 Å². The largest absolute Gasteiger partial charge is 0.345 e. The van der Waals surface area contributed by atoms with Crippen LogP contribution in [0.1, 0.15) is 19.3 Å². The van der Waals surface area contributed by atoms with Gasteiger partial charge in [-0.1, -0.05) is 17.7 Å². The Labute approximate surface area is 183 Å². The van der Waals surface area contributed by atoms with Crippen molar-refractivity contribution in [2.75, 3.05) is 11.9 Å². The first-order chi connectivity index (χ1) is 15.0. The molecule has 0 amide bonds. The van der Waals surface area contributed by atoms with Crippen LogP contribution in [0, 0.1) is 0 Å². The molecule has 0 unspecified atom stereocenters. The summed E-state index contributed by atoms with van der Waals surface area (Å²) in [5.41, 5.74) is 2.93. The molecule has 9 heteroatoms. The monoisotopic (exact) mass is 437 g/mol. The minimum Gasteiger partial charge on any atom is -0.345 e. The van der Waals surface area contributed by atoms with Crippen molar-refractivity contribution < 1.29 is 0 Å². The van der Waals surface area contributed by atoms with Crippen LogP contribution in [0.15, 0.2) is 29.3 Å². The fraction of sp³-hybridized carbons (Fsp3) is 0.409. The third kappa shape index (κ3) is 2.55. The Kier molecular flexibility index (Phi) is 4.01. The van der Waals surface area contributed by atoms with Crippen LogP contribution >= 0.6 is 11.6 Å². The molecule has 4 aromatic rings. The zero-order valence-corrected chi connectivity index (χ0v) is 18.4. The zero-order chi connectivity index (χ0) is 21.4. The third-order valence-corrected chi connectivity index (χ3v) is 7.46. The van der Waals surface area contributed by atoms with Gasteiger partial charge in [0.15, 0.2) is 0 Å². The number of halogens is 1. The SMILES string of the molecule is CN[C@H]1C[C@H]2CC[C@@H]1N2c1nc2[nH]cc(-c3ccc4nn(C)cc4c3Cl)c2c(=O)n1C.